The maximum atomic E-state index is 13.1. The van der Waals surface area contributed by atoms with Crippen molar-refractivity contribution in [2.45, 2.75) is 64.5 Å². The predicted octanol–water partition coefficient (Wildman–Crippen LogP) is 5.92. The fourth-order valence-corrected chi connectivity index (χ4v) is 7.16. The molecule has 6 rings (SSSR count). The molecule has 3 heteroatoms. The van der Waals surface area contributed by atoms with E-state index in [0.29, 0.717) is 10.8 Å². The zero-order valence-electron chi connectivity index (χ0n) is 15.8. The average Bonchev–Trinajstić information content (AvgIpc) is 2.99. The van der Waals surface area contributed by atoms with E-state index in [0.717, 1.165) is 29.5 Å². The zero-order chi connectivity index (χ0) is 18.0. The van der Waals surface area contributed by atoms with Gasteiger partial charge in [-0.15, -0.1) is 0 Å². The normalized spacial score (nSPS) is 38.0. The third kappa shape index (κ3) is 2.81. The maximum absolute atomic E-state index is 13.1. The third-order valence-electron chi connectivity index (χ3n) is 7.05. The lowest BCUT2D eigenvalue weighted by Gasteiger charge is -2.65. The summed E-state index contributed by atoms with van der Waals surface area (Å²) in [6.45, 7) is 5.79. The molecule has 4 saturated carbocycles. The number of hydrogen-bond donors (Lipinski definition) is 1. The van der Waals surface area contributed by atoms with Gasteiger partial charge in [0.1, 0.15) is 17.3 Å². The minimum absolute atomic E-state index is 0.217. The number of nitrogens with one attached hydrogen (secondary N) is 1. The van der Waals surface area contributed by atoms with Crippen molar-refractivity contribution in [3.05, 3.63) is 48.0 Å². The van der Waals surface area contributed by atoms with Crippen molar-refractivity contribution in [2.24, 2.45) is 16.7 Å². The number of benzene rings is 1. The van der Waals surface area contributed by atoms with Crippen molar-refractivity contribution in [1.29, 1.82) is 0 Å². The lowest BCUT2D eigenvalue weighted by molar-refractivity contribution is -0.118. The topological polar surface area (TPSA) is 25.2 Å². The monoisotopic (exact) mass is 353 g/mol. The molecule has 0 amide bonds. The fourth-order valence-electron chi connectivity index (χ4n) is 7.16. The first-order valence-electron chi connectivity index (χ1n) is 9.94. The quantitative estimate of drug-likeness (QED) is 0.737. The van der Waals surface area contributed by atoms with Gasteiger partial charge >= 0.3 is 0 Å². The zero-order valence-corrected chi connectivity index (χ0v) is 15.8. The van der Waals surface area contributed by atoms with E-state index in [4.69, 9.17) is 4.42 Å². The van der Waals surface area contributed by atoms with Crippen LogP contribution in [0, 0.1) is 22.6 Å². The molecule has 26 heavy (non-hydrogen) atoms. The van der Waals surface area contributed by atoms with Gasteiger partial charge in [-0.2, -0.15) is 0 Å². The molecule has 138 valence electrons. The maximum Gasteiger partial charge on any atom is 0.134 e. The molecule has 0 spiro atoms. The molecule has 1 aromatic heterocycles. The molecule has 1 N–H and O–H groups in total. The van der Waals surface area contributed by atoms with Gasteiger partial charge in [-0.1, -0.05) is 13.8 Å². The number of furan rings is 1. The van der Waals surface area contributed by atoms with Crippen molar-refractivity contribution in [3.8, 4) is 11.3 Å². The molecule has 4 aliphatic carbocycles. The molecule has 0 radical (unpaired) electrons. The SMILES string of the molecule is C[C@]12CC3CC(NCc4ccc(-c5ccc(F)cc5)o4)(C1)C[C@@](C)(C3)C2. The average molecular weight is 353 g/mol. The van der Waals surface area contributed by atoms with Crippen LogP contribution in [0.3, 0.4) is 0 Å². The predicted molar refractivity (Wildman–Crippen MR) is 101 cm³/mol. The van der Waals surface area contributed by atoms with Gasteiger partial charge in [0.25, 0.3) is 0 Å². The summed E-state index contributed by atoms with van der Waals surface area (Å²) in [5.41, 5.74) is 2.24. The Labute approximate surface area is 155 Å². The smallest absolute Gasteiger partial charge is 0.134 e. The molecular weight excluding hydrogens is 325 g/mol. The van der Waals surface area contributed by atoms with Crippen LogP contribution in [-0.4, -0.2) is 5.54 Å². The second kappa shape index (κ2) is 5.45. The Bertz CT molecular complexity index is 805. The summed E-state index contributed by atoms with van der Waals surface area (Å²) in [7, 11) is 0. The molecule has 2 aromatic rings. The summed E-state index contributed by atoms with van der Waals surface area (Å²) < 4.78 is 19.1. The van der Waals surface area contributed by atoms with Gasteiger partial charge in [0.15, 0.2) is 0 Å². The van der Waals surface area contributed by atoms with E-state index in [1.165, 1.54) is 50.7 Å². The van der Waals surface area contributed by atoms with E-state index in [9.17, 15) is 4.39 Å². The van der Waals surface area contributed by atoms with Crippen LogP contribution in [0.25, 0.3) is 11.3 Å². The van der Waals surface area contributed by atoms with Crippen molar-refractivity contribution in [1.82, 2.24) is 5.32 Å². The van der Waals surface area contributed by atoms with E-state index < -0.39 is 0 Å². The van der Waals surface area contributed by atoms with Crippen LogP contribution in [0.5, 0.6) is 0 Å². The van der Waals surface area contributed by atoms with E-state index in [1.807, 2.05) is 6.07 Å². The van der Waals surface area contributed by atoms with Gasteiger partial charge in [0, 0.05) is 11.1 Å². The lowest BCUT2D eigenvalue weighted by atomic mass is 9.43. The van der Waals surface area contributed by atoms with Crippen LogP contribution in [0.15, 0.2) is 40.8 Å². The van der Waals surface area contributed by atoms with Crippen LogP contribution in [0.1, 0.15) is 58.1 Å². The Morgan fingerprint density at radius 3 is 2.31 bits per heavy atom. The van der Waals surface area contributed by atoms with Gasteiger partial charge < -0.3 is 9.73 Å². The van der Waals surface area contributed by atoms with Crippen LogP contribution >= 0.6 is 0 Å². The van der Waals surface area contributed by atoms with Gasteiger partial charge in [-0.05, 0) is 91.7 Å². The van der Waals surface area contributed by atoms with E-state index in [1.54, 1.807) is 12.1 Å². The highest BCUT2D eigenvalue weighted by Crippen LogP contribution is 2.66. The molecule has 0 saturated heterocycles. The summed E-state index contributed by atoms with van der Waals surface area (Å²) in [5.74, 6) is 2.45. The Balaban J connectivity index is 1.32. The van der Waals surface area contributed by atoms with Crippen LogP contribution < -0.4 is 5.32 Å². The van der Waals surface area contributed by atoms with Crippen LogP contribution in [0.2, 0.25) is 0 Å². The minimum Gasteiger partial charge on any atom is -0.460 e. The van der Waals surface area contributed by atoms with Crippen molar-refractivity contribution >= 4 is 0 Å². The van der Waals surface area contributed by atoms with Crippen molar-refractivity contribution < 1.29 is 8.81 Å². The minimum atomic E-state index is -0.217. The van der Waals surface area contributed by atoms with E-state index >= 15 is 0 Å². The molecule has 4 atom stereocenters. The molecule has 2 nitrogen and oxygen atoms in total. The highest BCUT2D eigenvalue weighted by molar-refractivity contribution is 5.57. The molecule has 4 aliphatic rings. The Morgan fingerprint density at radius 1 is 0.962 bits per heavy atom. The number of hydrogen-bond acceptors (Lipinski definition) is 2. The molecule has 1 aromatic carbocycles. The second-order valence-electron chi connectivity index (χ2n) is 10.0. The third-order valence-corrected chi connectivity index (χ3v) is 7.05. The number of rotatable bonds is 4. The second-order valence-corrected chi connectivity index (χ2v) is 10.0. The summed E-state index contributed by atoms with van der Waals surface area (Å²) in [5, 5.41) is 3.91. The summed E-state index contributed by atoms with van der Waals surface area (Å²) in [6.07, 6.45) is 8.16. The van der Waals surface area contributed by atoms with E-state index in [2.05, 4.69) is 25.2 Å². The summed E-state index contributed by atoms with van der Waals surface area (Å²) in [6, 6.07) is 10.5. The summed E-state index contributed by atoms with van der Waals surface area (Å²) >= 11 is 0. The van der Waals surface area contributed by atoms with Crippen molar-refractivity contribution in [3.63, 3.8) is 0 Å². The molecule has 1 heterocycles. The first kappa shape index (κ1) is 16.6. The Hall–Kier alpha value is -1.61. The standard InChI is InChI=1S/C23H28FNO/c1-21-9-16-10-22(2,13-21)15-23(11-16,14-21)25-12-19-7-8-20(26-19)17-3-5-18(24)6-4-17/h3-8,16,25H,9-15H2,1-2H3/t16?,21-,22+,23?. The Morgan fingerprint density at radius 2 is 1.65 bits per heavy atom. The van der Waals surface area contributed by atoms with Crippen molar-refractivity contribution in [2.75, 3.05) is 0 Å². The lowest BCUT2D eigenvalue weighted by Crippen LogP contribution is -2.63. The van der Waals surface area contributed by atoms with Gasteiger partial charge in [0.2, 0.25) is 0 Å². The summed E-state index contributed by atoms with van der Waals surface area (Å²) in [4.78, 5) is 0. The van der Waals surface area contributed by atoms with E-state index in [-0.39, 0.29) is 11.4 Å². The molecule has 4 fully saturated rings. The first-order valence-corrected chi connectivity index (χ1v) is 9.94. The number of halogens is 1. The fraction of sp³-hybridized carbons (Fsp3) is 0.565. The highest BCUT2D eigenvalue weighted by atomic mass is 19.1. The molecular formula is C23H28FNO. The molecule has 2 unspecified atom stereocenters. The highest BCUT2D eigenvalue weighted by Gasteiger charge is 2.59. The van der Waals surface area contributed by atoms with Crippen LogP contribution in [0.4, 0.5) is 4.39 Å². The van der Waals surface area contributed by atoms with Crippen LogP contribution in [-0.2, 0) is 6.54 Å². The van der Waals surface area contributed by atoms with Gasteiger partial charge in [0.05, 0.1) is 6.54 Å². The molecule has 0 aliphatic heterocycles. The largest absolute Gasteiger partial charge is 0.460 e. The van der Waals surface area contributed by atoms with Gasteiger partial charge in [-0.3, -0.25) is 0 Å². The van der Waals surface area contributed by atoms with Gasteiger partial charge in [-0.25, -0.2) is 4.39 Å². The Kier molecular flexibility index (Phi) is 3.47. The first-order chi connectivity index (χ1) is 12.3. The molecule has 4 bridgehead atoms.